The Labute approximate surface area is 102 Å². The summed E-state index contributed by atoms with van der Waals surface area (Å²) in [5.41, 5.74) is 5.83. The zero-order valence-electron chi connectivity index (χ0n) is 10.1. The van der Waals surface area contributed by atoms with Gasteiger partial charge in [-0.05, 0) is 30.0 Å². The Hall–Kier alpha value is -1.77. The standard InChI is InChI=1S/C14H18N2O/c1-2-3-4-9-17-12-6-5-11-7-8-16-14(15)13(11)10-12/h5-8,10H,2-4,9H2,1H3,(H2,15,16). The molecule has 0 saturated carbocycles. The Balaban J connectivity index is 2.11. The van der Waals surface area contributed by atoms with Gasteiger partial charge in [0.25, 0.3) is 0 Å². The summed E-state index contributed by atoms with van der Waals surface area (Å²) in [5, 5.41) is 2.05. The van der Waals surface area contributed by atoms with E-state index in [1.807, 2.05) is 24.3 Å². The van der Waals surface area contributed by atoms with Gasteiger partial charge in [0, 0.05) is 11.6 Å². The van der Waals surface area contributed by atoms with E-state index >= 15 is 0 Å². The first kappa shape index (κ1) is 11.7. The van der Waals surface area contributed by atoms with Gasteiger partial charge in [0.15, 0.2) is 0 Å². The lowest BCUT2D eigenvalue weighted by molar-refractivity contribution is 0.306. The lowest BCUT2D eigenvalue weighted by Crippen LogP contribution is -1.97. The minimum absolute atomic E-state index is 0.557. The van der Waals surface area contributed by atoms with Crippen LogP contribution in [0.25, 0.3) is 10.8 Å². The molecule has 0 atom stereocenters. The number of nitrogens with zero attached hydrogens (tertiary/aromatic N) is 1. The molecule has 3 heteroatoms. The maximum Gasteiger partial charge on any atom is 0.131 e. The molecule has 0 radical (unpaired) electrons. The average molecular weight is 230 g/mol. The van der Waals surface area contributed by atoms with Crippen LogP contribution < -0.4 is 10.5 Å². The molecule has 0 aliphatic carbocycles. The molecule has 1 aromatic carbocycles. The van der Waals surface area contributed by atoms with Crippen LogP contribution in [0.1, 0.15) is 26.2 Å². The highest BCUT2D eigenvalue weighted by molar-refractivity contribution is 5.91. The second kappa shape index (κ2) is 5.53. The van der Waals surface area contributed by atoms with Gasteiger partial charge in [-0.2, -0.15) is 0 Å². The Morgan fingerprint density at radius 3 is 2.94 bits per heavy atom. The van der Waals surface area contributed by atoms with Crippen LogP contribution in [0.15, 0.2) is 30.5 Å². The predicted octanol–water partition coefficient (Wildman–Crippen LogP) is 3.39. The molecule has 0 saturated heterocycles. The molecule has 0 fully saturated rings. The first-order valence-corrected chi connectivity index (χ1v) is 6.08. The summed E-state index contributed by atoms with van der Waals surface area (Å²) < 4.78 is 5.69. The van der Waals surface area contributed by atoms with Crippen molar-refractivity contribution >= 4 is 16.6 Å². The number of unbranched alkanes of at least 4 members (excludes halogenated alkanes) is 2. The second-order valence-corrected chi connectivity index (χ2v) is 4.13. The van der Waals surface area contributed by atoms with Gasteiger partial charge < -0.3 is 10.5 Å². The molecule has 0 amide bonds. The normalized spacial score (nSPS) is 10.6. The number of hydrogen-bond donors (Lipinski definition) is 1. The quantitative estimate of drug-likeness (QED) is 0.801. The molecule has 2 rings (SSSR count). The third kappa shape index (κ3) is 2.87. The van der Waals surface area contributed by atoms with Gasteiger partial charge in [-0.15, -0.1) is 0 Å². The van der Waals surface area contributed by atoms with Gasteiger partial charge in [0.1, 0.15) is 11.6 Å². The average Bonchev–Trinajstić information content (AvgIpc) is 2.36. The summed E-state index contributed by atoms with van der Waals surface area (Å²) >= 11 is 0. The van der Waals surface area contributed by atoms with Crippen LogP contribution in [-0.4, -0.2) is 11.6 Å². The van der Waals surface area contributed by atoms with Crippen LogP contribution in [0.5, 0.6) is 5.75 Å². The first-order chi connectivity index (χ1) is 8.31. The molecular formula is C14H18N2O. The van der Waals surface area contributed by atoms with Crippen molar-refractivity contribution in [2.75, 3.05) is 12.3 Å². The molecule has 1 aromatic heterocycles. The fraction of sp³-hybridized carbons (Fsp3) is 0.357. The van der Waals surface area contributed by atoms with Gasteiger partial charge in [0.05, 0.1) is 6.61 Å². The summed E-state index contributed by atoms with van der Waals surface area (Å²) in [6.45, 7) is 2.95. The zero-order valence-corrected chi connectivity index (χ0v) is 10.1. The molecule has 17 heavy (non-hydrogen) atoms. The van der Waals surface area contributed by atoms with Crippen LogP contribution in [-0.2, 0) is 0 Å². The summed E-state index contributed by atoms with van der Waals surface area (Å²) in [7, 11) is 0. The molecule has 0 aliphatic rings. The number of fused-ring (bicyclic) bond motifs is 1. The molecule has 2 N–H and O–H groups in total. The zero-order chi connectivity index (χ0) is 12.1. The van der Waals surface area contributed by atoms with Crippen molar-refractivity contribution in [3.8, 4) is 5.75 Å². The van der Waals surface area contributed by atoms with E-state index in [1.165, 1.54) is 12.8 Å². The first-order valence-electron chi connectivity index (χ1n) is 6.08. The Bertz CT molecular complexity index is 497. The van der Waals surface area contributed by atoms with Crippen molar-refractivity contribution in [2.45, 2.75) is 26.2 Å². The summed E-state index contributed by atoms with van der Waals surface area (Å²) in [4.78, 5) is 4.08. The Kier molecular flexibility index (Phi) is 3.81. The van der Waals surface area contributed by atoms with Gasteiger partial charge in [-0.25, -0.2) is 4.98 Å². The number of ether oxygens (including phenoxy) is 1. The van der Waals surface area contributed by atoms with E-state index in [2.05, 4.69) is 11.9 Å². The van der Waals surface area contributed by atoms with E-state index in [9.17, 15) is 0 Å². The maximum atomic E-state index is 5.83. The molecule has 3 nitrogen and oxygen atoms in total. The summed E-state index contributed by atoms with van der Waals surface area (Å²) in [5.74, 6) is 1.43. The Morgan fingerprint density at radius 2 is 2.12 bits per heavy atom. The Morgan fingerprint density at radius 1 is 1.24 bits per heavy atom. The number of rotatable bonds is 5. The van der Waals surface area contributed by atoms with Crippen LogP contribution in [0, 0.1) is 0 Å². The third-order valence-electron chi connectivity index (χ3n) is 2.79. The lowest BCUT2D eigenvalue weighted by atomic mass is 10.1. The van der Waals surface area contributed by atoms with Crippen LogP contribution in [0.2, 0.25) is 0 Å². The van der Waals surface area contributed by atoms with Crippen molar-refractivity contribution in [3.05, 3.63) is 30.5 Å². The van der Waals surface area contributed by atoms with Crippen molar-refractivity contribution in [2.24, 2.45) is 0 Å². The predicted molar refractivity (Wildman–Crippen MR) is 71.2 cm³/mol. The number of nitrogen functional groups attached to an aromatic ring is 1. The largest absolute Gasteiger partial charge is 0.494 e. The number of aromatic nitrogens is 1. The minimum Gasteiger partial charge on any atom is -0.494 e. The van der Waals surface area contributed by atoms with Gasteiger partial charge in [0.2, 0.25) is 0 Å². The molecule has 0 spiro atoms. The van der Waals surface area contributed by atoms with Crippen molar-refractivity contribution in [1.82, 2.24) is 4.98 Å². The number of pyridine rings is 1. The number of anilines is 1. The molecule has 2 aromatic rings. The molecule has 0 bridgehead atoms. The van der Waals surface area contributed by atoms with E-state index in [1.54, 1.807) is 6.20 Å². The van der Waals surface area contributed by atoms with E-state index in [-0.39, 0.29) is 0 Å². The highest BCUT2D eigenvalue weighted by Gasteiger charge is 2.01. The summed E-state index contributed by atoms with van der Waals surface area (Å²) in [6, 6.07) is 7.91. The molecule has 90 valence electrons. The molecule has 0 unspecified atom stereocenters. The lowest BCUT2D eigenvalue weighted by Gasteiger charge is -2.07. The van der Waals surface area contributed by atoms with E-state index in [0.29, 0.717) is 5.82 Å². The van der Waals surface area contributed by atoms with Gasteiger partial charge >= 0.3 is 0 Å². The molecular weight excluding hydrogens is 212 g/mol. The van der Waals surface area contributed by atoms with Crippen LogP contribution in [0.3, 0.4) is 0 Å². The molecule has 0 aliphatic heterocycles. The smallest absolute Gasteiger partial charge is 0.131 e. The number of hydrogen-bond acceptors (Lipinski definition) is 3. The van der Waals surface area contributed by atoms with E-state index < -0.39 is 0 Å². The minimum atomic E-state index is 0.557. The molecule has 1 heterocycles. The second-order valence-electron chi connectivity index (χ2n) is 4.13. The monoisotopic (exact) mass is 230 g/mol. The maximum absolute atomic E-state index is 5.83. The summed E-state index contributed by atoms with van der Waals surface area (Å²) in [6.07, 6.45) is 5.23. The number of nitrogens with two attached hydrogens (primary N) is 1. The van der Waals surface area contributed by atoms with E-state index in [0.717, 1.165) is 29.5 Å². The van der Waals surface area contributed by atoms with Gasteiger partial charge in [-0.3, -0.25) is 0 Å². The highest BCUT2D eigenvalue weighted by atomic mass is 16.5. The van der Waals surface area contributed by atoms with Crippen molar-refractivity contribution < 1.29 is 4.74 Å². The topological polar surface area (TPSA) is 48.1 Å². The number of benzene rings is 1. The van der Waals surface area contributed by atoms with E-state index in [4.69, 9.17) is 10.5 Å². The fourth-order valence-electron chi connectivity index (χ4n) is 1.80. The fourth-order valence-corrected chi connectivity index (χ4v) is 1.80. The van der Waals surface area contributed by atoms with Crippen LogP contribution in [0.4, 0.5) is 5.82 Å². The third-order valence-corrected chi connectivity index (χ3v) is 2.79. The highest BCUT2D eigenvalue weighted by Crippen LogP contribution is 2.24. The SMILES string of the molecule is CCCCCOc1ccc2ccnc(N)c2c1. The van der Waals surface area contributed by atoms with Crippen molar-refractivity contribution in [3.63, 3.8) is 0 Å². The van der Waals surface area contributed by atoms with Crippen molar-refractivity contribution in [1.29, 1.82) is 0 Å². The van der Waals surface area contributed by atoms with Crippen LogP contribution >= 0.6 is 0 Å². The van der Waals surface area contributed by atoms with Gasteiger partial charge in [-0.1, -0.05) is 25.8 Å².